The van der Waals surface area contributed by atoms with Gasteiger partial charge in [0.25, 0.3) is 0 Å². The number of rotatable bonds is 7. The van der Waals surface area contributed by atoms with Gasteiger partial charge in [-0.3, -0.25) is 4.98 Å². The van der Waals surface area contributed by atoms with Gasteiger partial charge in [0, 0.05) is 49.3 Å². The number of nitrogens with one attached hydrogen (secondary N) is 1. The Morgan fingerprint density at radius 2 is 1.86 bits per heavy atom. The fraction of sp³-hybridized carbons (Fsp3) is 0.150. The molecule has 0 saturated carbocycles. The molecule has 4 heterocycles. The molecule has 0 atom stereocenters. The highest BCUT2D eigenvalue weighted by molar-refractivity contribution is 7.08. The molecule has 0 aliphatic carbocycles. The van der Waals surface area contributed by atoms with Crippen molar-refractivity contribution in [1.82, 2.24) is 24.9 Å². The fourth-order valence-corrected chi connectivity index (χ4v) is 3.30. The van der Waals surface area contributed by atoms with Crippen LogP contribution < -0.4 is 10.2 Å². The summed E-state index contributed by atoms with van der Waals surface area (Å²) in [7, 11) is 1.93. The largest absolute Gasteiger partial charge is 0.354 e. The quantitative estimate of drug-likeness (QED) is 0.515. The maximum atomic E-state index is 4.66. The van der Waals surface area contributed by atoms with Crippen molar-refractivity contribution in [2.45, 2.75) is 6.42 Å². The predicted molar refractivity (Wildman–Crippen MR) is 112 cm³/mol. The average molecular weight is 389 g/mol. The van der Waals surface area contributed by atoms with E-state index in [9.17, 15) is 0 Å². The van der Waals surface area contributed by atoms with Gasteiger partial charge in [-0.2, -0.15) is 16.3 Å². The molecule has 0 aliphatic rings. The van der Waals surface area contributed by atoms with Crippen molar-refractivity contribution in [2.24, 2.45) is 0 Å². The van der Waals surface area contributed by atoms with Crippen LogP contribution in [0.3, 0.4) is 0 Å². The van der Waals surface area contributed by atoms with E-state index in [1.54, 1.807) is 29.9 Å². The van der Waals surface area contributed by atoms with Gasteiger partial charge < -0.3 is 10.2 Å². The second-order valence-corrected chi connectivity index (χ2v) is 6.87. The van der Waals surface area contributed by atoms with Gasteiger partial charge in [-0.1, -0.05) is 6.07 Å². The van der Waals surface area contributed by atoms with Crippen LogP contribution in [0, 0.1) is 0 Å². The van der Waals surface area contributed by atoms with Crippen molar-refractivity contribution in [2.75, 3.05) is 23.8 Å². The first kappa shape index (κ1) is 18.0. The van der Waals surface area contributed by atoms with Crippen molar-refractivity contribution in [3.8, 4) is 11.4 Å². The zero-order valence-electron chi connectivity index (χ0n) is 15.4. The molecule has 0 fully saturated rings. The summed E-state index contributed by atoms with van der Waals surface area (Å²) in [5.74, 6) is 2.82. The number of pyridine rings is 1. The summed E-state index contributed by atoms with van der Waals surface area (Å²) in [6.07, 6.45) is 8.00. The Morgan fingerprint density at radius 3 is 2.64 bits per heavy atom. The summed E-state index contributed by atoms with van der Waals surface area (Å²) >= 11 is 1.63. The smallest absolute Gasteiger partial charge is 0.224 e. The van der Waals surface area contributed by atoms with Crippen LogP contribution in [0.5, 0.6) is 0 Å². The molecule has 4 aromatic heterocycles. The molecule has 140 valence electrons. The normalized spacial score (nSPS) is 10.6. The number of hydrogen-bond donors (Lipinski definition) is 1. The van der Waals surface area contributed by atoms with Gasteiger partial charge >= 0.3 is 0 Å². The molecule has 0 aliphatic heterocycles. The van der Waals surface area contributed by atoms with Crippen molar-refractivity contribution in [3.05, 3.63) is 71.4 Å². The number of thiophene rings is 1. The van der Waals surface area contributed by atoms with Crippen LogP contribution in [0.1, 0.15) is 5.56 Å². The second kappa shape index (κ2) is 8.53. The molecule has 0 bridgehead atoms. The molecule has 0 spiro atoms. The average Bonchev–Trinajstić information content (AvgIpc) is 3.29. The van der Waals surface area contributed by atoms with E-state index in [0.29, 0.717) is 11.8 Å². The molecule has 8 heteroatoms. The van der Waals surface area contributed by atoms with Gasteiger partial charge in [-0.25, -0.2) is 15.0 Å². The molecule has 4 rings (SSSR count). The van der Waals surface area contributed by atoms with Crippen LogP contribution in [0.15, 0.2) is 65.9 Å². The minimum absolute atomic E-state index is 0.584. The summed E-state index contributed by atoms with van der Waals surface area (Å²) in [5, 5.41) is 7.32. The molecule has 0 aromatic carbocycles. The van der Waals surface area contributed by atoms with Gasteiger partial charge in [0.1, 0.15) is 11.6 Å². The summed E-state index contributed by atoms with van der Waals surface area (Å²) in [6, 6.07) is 9.73. The molecule has 0 unspecified atom stereocenters. The first-order valence-electron chi connectivity index (χ1n) is 8.85. The second-order valence-electron chi connectivity index (χ2n) is 6.09. The van der Waals surface area contributed by atoms with Crippen LogP contribution in [-0.2, 0) is 6.42 Å². The Bertz CT molecular complexity index is 1020. The SMILES string of the molecule is CN(c1ccnc(NCCc2cccnc2)n1)c1ccnc(-c2ccsc2)n1. The van der Waals surface area contributed by atoms with Crippen molar-refractivity contribution >= 4 is 28.9 Å². The standard InChI is InChI=1S/C20H19N7S/c1-27(17-5-10-22-19(25-17)16-7-12-28-14-16)18-6-11-24-20(26-18)23-9-4-15-3-2-8-21-13-15/h2-3,5-8,10-14H,4,9H2,1H3,(H,23,24,26). The van der Waals surface area contributed by atoms with E-state index in [0.717, 1.165) is 30.2 Å². The van der Waals surface area contributed by atoms with Gasteiger partial charge in [0.2, 0.25) is 5.95 Å². The zero-order valence-corrected chi connectivity index (χ0v) is 16.2. The van der Waals surface area contributed by atoms with E-state index in [4.69, 9.17) is 0 Å². The first-order valence-corrected chi connectivity index (χ1v) is 9.79. The highest BCUT2D eigenvalue weighted by Crippen LogP contribution is 2.23. The van der Waals surface area contributed by atoms with Crippen LogP contribution in [0.4, 0.5) is 17.6 Å². The molecular weight excluding hydrogens is 370 g/mol. The maximum absolute atomic E-state index is 4.66. The summed E-state index contributed by atoms with van der Waals surface area (Å²) in [5.41, 5.74) is 2.19. The zero-order chi connectivity index (χ0) is 19.2. The van der Waals surface area contributed by atoms with Crippen LogP contribution >= 0.6 is 11.3 Å². The lowest BCUT2D eigenvalue weighted by atomic mass is 10.2. The minimum atomic E-state index is 0.584. The van der Waals surface area contributed by atoms with Gasteiger partial charge in [0.05, 0.1) is 0 Å². The summed E-state index contributed by atoms with van der Waals surface area (Å²) < 4.78 is 0. The fourth-order valence-electron chi connectivity index (χ4n) is 2.67. The van der Waals surface area contributed by atoms with Crippen LogP contribution in [-0.4, -0.2) is 38.5 Å². The minimum Gasteiger partial charge on any atom is -0.354 e. The van der Waals surface area contributed by atoms with E-state index in [1.807, 2.05) is 53.2 Å². The van der Waals surface area contributed by atoms with E-state index in [2.05, 4.69) is 36.3 Å². The third kappa shape index (κ3) is 4.29. The third-order valence-corrected chi connectivity index (χ3v) is 4.85. The molecule has 0 radical (unpaired) electrons. The molecule has 0 saturated heterocycles. The van der Waals surface area contributed by atoms with E-state index < -0.39 is 0 Å². The monoisotopic (exact) mass is 389 g/mol. The van der Waals surface area contributed by atoms with Crippen molar-refractivity contribution in [1.29, 1.82) is 0 Å². The highest BCUT2D eigenvalue weighted by Gasteiger charge is 2.10. The highest BCUT2D eigenvalue weighted by atomic mass is 32.1. The maximum Gasteiger partial charge on any atom is 0.224 e. The van der Waals surface area contributed by atoms with Crippen LogP contribution in [0.25, 0.3) is 11.4 Å². The molecular formula is C20H19N7S. The molecule has 7 nitrogen and oxygen atoms in total. The lowest BCUT2D eigenvalue weighted by Gasteiger charge is -2.18. The number of hydrogen-bond acceptors (Lipinski definition) is 8. The Morgan fingerprint density at radius 1 is 1.00 bits per heavy atom. The molecule has 28 heavy (non-hydrogen) atoms. The van der Waals surface area contributed by atoms with Crippen molar-refractivity contribution in [3.63, 3.8) is 0 Å². The van der Waals surface area contributed by atoms with Gasteiger partial charge in [-0.15, -0.1) is 0 Å². The van der Waals surface area contributed by atoms with Crippen molar-refractivity contribution < 1.29 is 0 Å². The van der Waals surface area contributed by atoms with E-state index in [1.165, 1.54) is 5.56 Å². The third-order valence-electron chi connectivity index (χ3n) is 4.17. The number of nitrogens with zero attached hydrogens (tertiary/aromatic N) is 6. The van der Waals surface area contributed by atoms with E-state index in [-0.39, 0.29) is 0 Å². The number of anilines is 3. The van der Waals surface area contributed by atoms with Gasteiger partial charge in [0.15, 0.2) is 5.82 Å². The Kier molecular flexibility index (Phi) is 5.48. The topological polar surface area (TPSA) is 79.7 Å². The lowest BCUT2D eigenvalue weighted by molar-refractivity contribution is 0.965. The Hall–Kier alpha value is -3.39. The summed E-state index contributed by atoms with van der Waals surface area (Å²) in [4.78, 5) is 24.0. The van der Waals surface area contributed by atoms with Crippen LogP contribution in [0.2, 0.25) is 0 Å². The molecule has 4 aromatic rings. The Balaban J connectivity index is 1.45. The molecule has 0 amide bonds. The molecule has 1 N–H and O–H groups in total. The van der Waals surface area contributed by atoms with Gasteiger partial charge in [-0.05, 0) is 41.6 Å². The first-order chi connectivity index (χ1) is 13.8. The summed E-state index contributed by atoms with van der Waals surface area (Å²) in [6.45, 7) is 0.731. The Labute approximate surface area is 167 Å². The van der Waals surface area contributed by atoms with E-state index >= 15 is 0 Å². The predicted octanol–water partition coefficient (Wildman–Crippen LogP) is 3.81. The number of aromatic nitrogens is 5. The lowest BCUT2D eigenvalue weighted by Crippen LogP contribution is -2.15.